The Morgan fingerprint density at radius 3 is 2.30 bits per heavy atom. The van der Waals surface area contributed by atoms with Crippen LogP contribution in [-0.4, -0.2) is 17.6 Å². The summed E-state index contributed by atoms with van der Waals surface area (Å²) in [6.07, 6.45) is 3.50. The SMILES string of the molecule is O=C(NC(CO)c1cc(F)c(F)c(F)c1)C1CCCC1. The second kappa shape index (κ2) is 6.26. The monoisotopic (exact) mass is 287 g/mol. The predicted octanol–water partition coefficient (Wildman–Crippen LogP) is 2.44. The van der Waals surface area contributed by atoms with Gasteiger partial charge in [-0.2, -0.15) is 0 Å². The third kappa shape index (κ3) is 3.12. The molecule has 0 aromatic heterocycles. The molecule has 1 atom stereocenters. The van der Waals surface area contributed by atoms with Crippen LogP contribution in [0.15, 0.2) is 12.1 Å². The Hall–Kier alpha value is -1.56. The molecule has 20 heavy (non-hydrogen) atoms. The van der Waals surface area contributed by atoms with Crippen LogP contribution < -0.4 is 5.32 Å². The van der Waals surface area contributed by atoms with Gasteiger partial charge in [0.15, 0.2) is 17.5 Å². The van der Waals surface area contributed by atoms with Crippen molar-refractivity contribution in [2.45, 2.75) is 31.7 Å². The number of amides is 1. The minimum absolute atomic E-state index is 0.00949. The number of hydrogen-bond donors (Lipinski definition) is 2. The molecule has 1 amide bonds. The largest absolute Gasteiger partial charge is 0.394 e. The Morgan fingerprint density at radius 1 is 1.25 bits per heavy atom. The van der Waals surface area contributed by atoms with Gasteiger partial charge < -0.3 is 10.4 Å². The zero-order valence-corrected chi connectivity index (χ0v) is 10.8. The second-order valence-corrected chi connectivity index (χ2v) is 5.02. The summed E-state index contributed by atoms with van der Waals surface area (Å²) in [4.78, 5) is 11.9. The van der Waals surface area contributed by atoms with Crippen molar-refractivity contribution in [3.63, 3.8) is 0 Å². The number of carbonyl (C=O) groups excluding carboxylic acids is 1. The molecule has 1 aliphatic carbocycles. The highest BCUT2D eigenvalue weighted by atomic mass is 19.2. The zero-order chi connectivity index (χ0) is 14.7. The standard InChI is InChI=1S/C14H16F3NO2/c15-10-5-9(6-11(16)13(10)17)12(7-19)18-14(20)8-3-1-2-4-8/h5-6,8,12,19H,1-4,7H2,(H,18,20). The lowest BCUT2D eigenvalue weighted by molar-refractivity contribution is -0.125. The number of halogens is 3. The number of hydrogen-bond acceptors (Lipinski definition) is 2. The molecule has 6 heteroatoms. The lowest BCUT2D eigenvalue weighted by Crippen LogP contribution is -2.34. The Kier molecular flexibility index (Phi) is 4.65. The minimum Gasteiger partial charge on any atom is -0.394 e. The van der Waals surface area contributed by atoms with E-state index in [2.05, 4.69) is 5.32 Å². The Labute approximate surface area is 114 Å². The van der Waals surface area contributed by atoms with Crippen LogP contribution in [0.1, 0.15) is 37.3 Å². The fourth-order valence-corrected chi connectivity index (χ4v) is 2.49. The molecule has 1 fully saturated rings. The smallest absolute Gasteiger partial charge is 0.223 e. The summed E-state index contributed by atoms with van der Waals surface area (Å²) in [7, 11) is 0. The molecule has 0 aliphatic heterocycles. The summed E-state index contributed by atoms with van der Waals surface area (Å²) in [6.45, 7) is -0.511. The summed E-state index contributed by atoms with van der Waals surface area (Å²) in [6, 6.07) is 0.635. The molecule has 1 aromatic carbocycles. The van der Waals surface area contributed by atoms with Crippen LogP contribution in [0.4, 0.5) is 13.2 Å². The topological polar surface area (TPSA) is 49.3 Å². The summed E-state index contributed by atoms with van der Waals surface area (Å²) in [5.41, 5.74) is 0.00949. The molecule has 0 saturated heterocycles. The van der Waals surface area contributed by atoms with Gasteiger partial charge in [-0.1, -0.05) is 12.8 Å². The molecule has 0 radical (unpaired) electrons. The van der Waals surface area contributed by atoms with Crippen LogP contribution >= 0.6 is 0 Å². The van der Waals surface area contributed by atoms with Gasteiger partial charge in [-0.25, -0.2) is 13.2 Å². The van der Waals surface area contributed by atoms with E-state index in [1.165, 1.54) is 0 Å². The molecule has 110 valence electrons. The van der Waals surface area contributed by atoms with Crippen molar-refractivity contribution in [2.75, 3.05) is 6.61 Å². The van der Waals surface area contributed by atoms with E-state index in [0.717, 1.165) is 37.8 Å². The third-order valence-corrected chi connectivity index (χ3v) is 3.63. The first-order chi connectivity index (χ1) is 9.52. The van der Waals surface area contributed by atoms with Gasteiger partial charge in [0.2, 0.25) is 5.91 Å². The van der Waals surface area contributed by atoms with Crippen molar-refractivity contribution >= 4 is 5.91 Å². The number of carbonyl (C=O) groups is 1. The van der Waals surface area contributed by atoms with Crippen LogP contribution in [0, 0.1) is 23.4 Å². The number of rotatable bonds is 4. The van der Waals surface area contributed by atoms with Crippen LogP contribution in [0.25, 0.3) is 0 Å². The fourth-order valence-electron chi connectivity index (χ4n) is 2.49. The average Bonchev–Trinajstić information content (AvgIpc) is 2.95. The molecular weight excluding hydrogens is 271 g/mol. The summed E-state index contributed by atoms with van der Waals surface area (Å²) < 4.78 is 39.2. The highest BCUT2D eigenvalue weighted by Crippen LogP contribution is 2.26. The van der Waals surface area contributed by atoms with Gasteiger partial charge in [-0.05, 0) is 30.5 Å². The number of benzene rings is 1. The maximum absolute atomic E-state index is 13.2. The third-order valence-electron chi connectivity index (χ3n) is 3.63. The average molecular weight is 287 g/mol. The maximum Gasteiger partial charge on any atom is 0.223 e. The van der Waals surface area contributed by atoms with E-state index in [0.29, 0.717) is 0 Å². The number of nitrogens with one attached hydrogen (secondary N) is 1. The van der Waals surface area contributed by atoms with Crippen LogP contribution in [-0.2, 0) is 4.79 Å². The molecule has 2 N–H and O–H groups in total. The van der Waals surface area contributed by atoms with Crippen molar-refractivity contribution in [3.05, 3.63) is 35.1 Å². The van der Waals surface area contributed by atoms with Crippen LogP contribution in [0.2, 0.25) is 0 Å². The quantitative estimate of drug-likeness (QED) is 0.836. The first kappa shape index (κ1) is 14.8. The molecule has 3 nitrogen and oxygen atoms in total. The van der Waals surface area contributed by atoms with Gasteiger partial charge in [0, 0.05) is 5.92 Å². The van der Waals surface area contributed by atoms with Crippen molar-refractivity contribution in [1.29, 1.82) is 0 Å². The van der Waals surface area contributed by atoms with Crippen molar-refractivity contribution in [2.24, 2.45) is 5.92 Å². The van der Waals surface area contributed by atoms with Crippen LogP contribution in [0.3, 0.4) is 0 Å². The Balaban J connectivity index is 2.13. The van der Waals surface area contributed by atoms with E-state index in [9.17, 15) is 23.1 Å². The van der Waals surface area contributed by atoms with Gasteiger partial charge in [-0.3, -0.25) is 4.79 Å². The van der Waals surface area contributed by atoms with Gasteiger partial charge >= 0.3 is 0 Å². The van der Waals surface area contributed by atoms with Gasteiger partial charge in [-0.15, -0.1) is 0 Å². The lowest BCUT2D eigenvalue weighted by atomic mass is 10.0. The molecule has 0 bridgehead atoms. The normalized spacial score (nSPS) is 17.2. The molecule has 1 aromatic rings. The molecule has 1 saturated carbocycles. The predicted molar refractivity (Wildman–Crippen MR) is 66.2 cm³/mol. The molecule has 2 rings (SSSR count). The maximum atomic E-state index is 13.2. The van der Waals surface area contributed by atoms with E-state index in [1.807, 2.05) is 0 Å². The van der Waals surface area contributed by atoms with Gasteiger partial charge in [0.05, 0.1) is 12.6 Å². The van der Waals surface area contributed by atoms with E-state index in [1.54, 1.807) is 0 Å². The minimum atomic E-state index is -1.56. The summed E-state index contributed by atoms with van der Waals surface area (Å²) in [5.74, 6) is -4.61. The number of aliphatic hydroxyl groups is 1. The van der Waals surface area contributed by atoms with E-state index in [4.69, 9.17) is 0 Å². The molecular formula is C14H16F3NO2. The second-order valence-electron chi connectivity index (χ2n) is 5.02. The van der Waals surface area contributed by atoms with Crippen molar-refractivity contribution in [3.8, 4) is 0 Å². The summed E-state index contributed by atoms with van der Waals surface area (Å²) in [5, 5.41) is 11.8. The van der Waals surface area contributed by atoms with E-state index in [-0.39, 0.29) is 17.4 Å². The Morgan fingerprint density at radius 2 is 1.80 bits per heavy atom. The first-order valence-corrected chi connectivity index (χ1v) is 6.58. The highest BCUT2D eigenvalue weighted by molar-refractivity contribution is 5.79. The van der Waals surface area contributed by atoms with Crippen molar-refractivity contribution < 1.29 is 23.1 Å². The lowest BCUT2D eigenvalue weighted by Gasteiger charge is -2.19. The van der Waals surface area contributed by atoms with Crippen LogP contribution in [0.5, 0.6) is 0 Å². The number of aliphatic hydroxyl groups excluding tert-OH is 1. The highest BCUT2D eigenvalue weighted by Gasteiger charge is 2.26. The van der Waals surface area contributed by atoms with Crippen molar-refractivity contribution in [1.82, 2.24) is 5.32 Å². The van der Waals surface area contributed by atoms with Gasteiger partial charge in [0.1, 0.15) is 0 Å². The molecule has 0 heterocycles. The van der Waals surface area contributed by atoms with E-state index >= 15 is 0 Å². The fraction of sp³-hybridized carbons (Fsp3) is 0.500. The zero-order valence-electron chi connectivity index (χ0n) is 10.8. The van der Waals surface area contributed by atoms with E-state index < -0.39 is 30.1 Å². The molecule has 0 spiro atoms. The van der Waals surface area contributed by atoms with Gasteiger partial charge in [0.25, 0.3) is 0 Å². The summed E-state index contributed by atoms with van der Waals surface area (Å²) >= 11 is 0. The first-order valence-electron chi connectivity index (χ1n) is 6.58. The molecule has 1 aliphatic rings. The molecule has 1 unspecified atom stereocenters. The Bertz CT molecular complexity index is 478.